The van der Waals surface area contributed by atoms with Crippen LogP contribution < -0.4 is 15.8 Å². The first kappa shape index (κ1) is 18.4. The van der Waals surface area contributed by atoms with Crippen LogP contribution in [0.15, 0.2) is 29.6 Å². The molecule has 0 radical (unpaired) electrons. The van der Waals surface area contributed by atoms with Gasteiger partial charge in [0, 0.05) is 11.1 Å². The lowest BCUT2D eigenvalue weighted by Gasteiger charge is -2.12. The Bertz CT molecular complexity index is 1020. The number of pyridine rings is 1. The molecule has 26 heavy (non-hydrogen) atoms. The molecule has 9 heteroatoms. The zero-order valence-corrected chi connectivity index (χ0v) is 15.8. The lowest BCUT2D eigenvalue weighted by atomic mass is 10.2. The molecule has 0 saturated heterocycles. The highest BCUT2D eigenvalue weighted by molar-refractivity contribution is 7.14. The number of thiophene rings is 1. The van der Waals surface area contributed by atoms with Gasteiger partial charge in [-0.15, -0.1) is 11.3 Å². The maximum absolute atomic E-state index is 12.2. The van der Waals surface area contributed by atoms with Crippen molar-refractivity contribution in [2.24, 2.45) is 5.73 Å². The maximum atomic E-state index is 12.2. The van der Waals surface area contributed by atoms with Gasteiger partial charge in [0.25, 0.3) is 11.8 Å². The molecule has 3 aromatic rings. The Morgan fingerprint density at radius 2 is 2.04 bits per heavy atom. The summed E-state index contributed by atoms with van der Waals surface area (Å²) in [5.41, 5.74) is 6.74. The zero-order chi connectivity index (χ0) is 18.8. The highest BCUT2D eigenvalue weighted by Gasteiger charge is 2.16. The molecule has 0 fully saturated rings. The fraction of sp³-hybridized carbons (Fsp3) is 0.118. The Morgan fingerprint density at radius 1 is 1.27 bits per heavy atom. The number of benzene rings is 1. The molecule has 0 aliphatic carbocycles. The summed E-state index contributed by atoms with van der Waals surface area (Å²) in [7, 11) is 0. The SMILES string of the molecule is Cc1ccc2c(Cl)cc(Cl)c(OCC(=O)Nc3sccc3C(N)=O)c2n1. The smallest absolute Gasteiger partial charge is 0.262 e. The van der Waals surface area contributed by atoms with Crippen LogP contribution in [-0.2, 0) is 4.79 Å². The number of amides is 2. The molecule has 0 spiro atoms. The van der Waals surface area contributed by atoms with Crippen LogP contribution in [0.2, 0.25) is 10.0 Å². The number of halogens is 2. The highest BCUT2D eigenvalue weighted by atomic mass is 35.5. The Labute approximate surface area is 162 Å². The van der Waals surface area contributed by atoms with Crippen LogP contribution in [0.5, 0.6) is 5.75 Å². The first-order valence-corrected chi connectivity index (χ1v) is 9.05. The number of ether oxygens (including phenoxy) is 1. The van der Waals surface area contributed by atoms with Crippen molar-refractivity contribution in [2.45, 2.75) is 6.92 Å². The summed E-state index contributed by atoms with van der Waals surface area (Å²) in [5.74, 6) is -0.804. The molecule has 2 heterocycles. The van der Waals surface area contributed by atoms with Crippen LogP contribution in [0.1, 0.15) is 16.1 Å². The van der Waals surface area contributed by atoms with E-state index in [4.69, 9.17) is 33.7 Å². The van der Waals surface area contributed by atoms with Crippen LogP contribution in [0.25, 0.3) is 10.9 Å². The number of fused-ring (bicyclic) bond motifs is 1. The molecular formula is C17H13Cl2N3O3S. The van der Waals surface area contributed by atoms with Crippen molar-refractivity contribution in [3.63, 3.8) is 0 Å². The third-order valence-corrected chi connectivity index (χ3v) is 4.93. The number of carbonyl (C=O) groups excluding carboxylic acids is 2. The number of anilines is 1. The minimum Gasteiger partial charge on any atom is -0.480 e. The number of nitrogens with two attached hydrogens (primary N) is 1. The second-order valence-corrected chi connectivity index (χ2v) is 7.11. The number of nitrogens with one attached hydrogen (secondary N) is 1. The van der Waals surface area contributed by atoms with Crippen molar-refractivity contribution in [1.29, 1.82) is 0 Å². The first-order chi connectivity index (χ1) is 12.4. The second kappa shape index (κ2) is 7.49. The Balaban J connectivity index is 1.81. The van der Waals surface area contributed by atoms with E-state index < -0.39 is 11.8 Å². The van der Waals surface area contributed by atoms with Crippen molar-refractivity contribution >= 4 is 62.3 Å². The van der Waals surface area contributed by atoms with Crippen molar-refractivity contribution < 1.29 is 14.3 Å². The minimum absolute atomic E-state index is 0.246. The third kappa shape index (κ3) is 3.75. The van der Waals surface area contributed by atoms with Gasteiger partial charge in [-0.3, -0.25) is 9.59 Å². The van der Waals surface area contributed by atoms with Gasteiger partial charge in [0.05, 0.1) is 15.6 Å². The molecule has 2 amide bonds. The summed E-state index contributed by atoms with van der Waals surface area (Å²) in [5, 5.41) is 5.99. The fourth-order valence-electron chi connectivity index (χ4n) is 2.33. The lowest BCUT2D eigenvalue weighted by Crippen LogP contribution is -2.22. The van der Waals surface area contributed by atoms with Gasteiger partial charge in [0.15, 0.2) is 12.4 Å². The topological polar surface area (TPSA) is 94.3 Å². The first-order valence-electron chi connectivity index (χ1n) is 7.42. The van der Waals surface area contributed by atoms with Crippen molar-refractivity contribution in [3.8, 4) is 5.75 Å². The van der Waals surface area contributed by atoms with Crippen molar-refractivity contribution in [3.05, 3.63) is 50.9 Å². The van der Waals surface area contributed by atoms with E-state index in [0.717, 1.165) is 5.69 Å². The van der Waals surface area contributed by atoms with Crippen molar-refractivity contribution in [2.75, 3.05) is 11.9 Å². The van der Waals surface area contributed by atoms with Gasteiger partial charge in [0.2, 0.25) is 0 Å². The molecule has 0 aliphatic heterocycles. The van der Waals surface area contributed by atoms with Crippen LogP contribution in [0.4, 0.5) is 5.00 Å². The van der Waals surface area contributed by atoms with Crippen molar-refractivity contribution in [1.82, 2.24) is 4.98 Å². The molecule has 2 aromatic heterocycles. The number of aromatic nitrogens is 1. The summed E-state index contributed by atoms with van der Waals surface area (Å²) < 4.78 is 5.59. The van der Waals surface area contributed by atoms with E-state index in [2.05, 4.69) is 10.3 Å². The summed E-state index contributed by atoms with van der Waals surface area (Å²) in [6, 6.07) is 6.72. The van der Waals surface area contributed by atoms with Gasteiger partial charge < -0.3 is 15.8 Å². The van der Waals surface area contributed by atoms with E-state index in [-0.39, 0.29) is 22.9 Å². The summed E-state index contributed by atoms with van der Waals surface area (Å²) in [6.45, 7) is 1.51. The average molecular weight is 410 g/mol. The van der Waals surface area contributed by atoms with E-state index in [9.17, 15) is 9.59 Å². The molecule has 3 N–H and O–H groups in total. The Morgan fingerprint density at radius 3 is 2.77 bits per heavy atom. The normalized spacial score (nSPS) is 10.7. The van der Waals surface area contributed by atoms with Crippen LogP contribution in [0.3, 0.4) is 0 Å². The molecule has 1 aromatic carbocycles. The number of rotatable bonds is 5. The molecule has 3 rings (SSSR count). The number of primary amides is 1. The monoisotopic (exact) mass is 409 g/mol. The largest absolute Gasteiger partial charge is 0.480 e. The van der Waals surface area contributed by atoms with Gasteiger partial charge in [-0.1, -0.05) is 23.2 Å². The van der Waals surface area contributed by atoms with E-state index in [0.29, 0.717) is 20.9 Å². The maximum Gasteiger partial charge on any atom is 0.262 e. The number of hydrogen-bond donors (Lipinski definition) is 2. The molecular weight excluding hydrogens is 397 g/mol. The average Bonchev–Trinajstić information content (AvgIpc) is 3.02. The van der Waals surface area contributed by atoms with E-state index in [1.165, 1.54) is 11.3 Å². The molecule has 0 unspecified atom stereocenters. The lowest BCUT2D eigenvalue weighted by molar-refractivity contribution is -0.118. The predicted octanol–water partition coefficient (Wildman–Crippen LogP) is 4.03. The minimum atomic E-state index is -0.617. The molecule has 0 saturated carbocycles. The summed E-state index contributed by atoms with van der Waals surface area (Å²) >= 11 is 13.6. The predicted molar refractivity (Wildman–Crippen MR) is 103 cm³/mol. The van der Waals surface area contributed by atoms with Gasteiger partial charge >= 0.3 is 0 Å². The van der Waals surface area contributed by atoms with Gasteiger partial charge in [0.1, 0.15) is 10.5 Å². The zero-order valence-electron chi connectivity index (χ0n) is 13.5. The van der Waals surface area contributed by atoms with Gasteiger partial charge in [-0.25, -0.2) is 4.98 Å². The second-order valence-electron chi connectivity index (χ2n) is 5.38. The fourth-order valence-corrected chi connectivity index (χ4v) is 3.71. The van der Waals surface area contributed by atoms with Crippen LogP contribution >= 0.6 is 34.5 Å². The Hall–Kier alpha value is -2.35. The van der Waals surface area contributed by atoms with E-state index in [1.54, 1.807) is 17.5 Å². The van der Waals surface area contributed by atoms with Gasteiger partial charge in [-0.2, -0.15) is 0 Å². The highest BCUT2D eigenvalue weighted by Crippen LogP contribution is 2.37. The number of nitrogens with zero attached hydrogens (tertiary/aromatic N) is 1. The van der Waals surface area contributed by atoms with Crippen LogP contribution in [0, 0.1) is 6.92 Å². The molecule has 0 bridgehead atoms. The number of hydrogen-bond acceptors (Lipinski definition) is 5. The molecule has 0 atom stereocenters. The third-order valence-electron chi connectivity index (χ3n) is 3.51. The summed E-state index contributed by atoms with van der Waals surface area (Å²) in [4.78, 5) is 27.9. The molecule has 6 nitrogen and oxygen atoms in total. The van der Waals surface area contributed by atoms with E-state index in [1.807, 2.05) is 19.1 Å². The number of carbonyl (C=O) groups is 2. The summed E-state index contributed by atoms with van der Waals surface area (Å²) in [6.07, 6.45) is 0. The van der Waals surface area contributed by atoms with Crippen LogP contribution in [-0.4, -0.2) is 23.4 Å². The molecule has 134 valence electrons. The van der Waals surface area contributed by atoms with Gasteiger partial charge in [-0.05, 0) is 36.6 Å². The Kier molecular flexibility index (Phi) is 5.31. The molecule has 0 aliphatic rings. The number of aryl methyl sites for hydroxylation is 1. The standard InChI is InChI=1S/C17H13Cl2N3O3S/c1-8-2-3-9-11(18)6-12(19)15(14(9)21-8)25-7-13(23)22-17-10(16(20)24)4-5-26-17/h2-6H,7H2,1H3,(H2,20,24)(H,22,23). The van der Waals surface area contributed by atoms with E-state index >= 15 is 0 Å². The quantitative estimate of drug-likeness (QED) is 0.664.